The molecule has 1 N–H and O–H groups in total. The first-order chi connectivity index (χ1) is 10.2. The Kier molecular flexibility index (Phi) is 5.59. The number of hydrogen-bond donors (Lipinski definition) is 1. The monoisotopic (exact) mass is 307 g/mol. The van der Waals surface area contributed by atoms with Gasteiger partial charge in [0.2, 0.25) is 0 Å². The van der Waals surface area contributed by atoms with Crippen LogP contribution in [0.4, 0.5) is 4.39 Å². The summed E-state index contributed by atoms with van der Waals surface area (Å²) in [7, 11) is 0. The number of hydrogen-bond acceptors (Lipinski definition) is 2. The fourth-order valence-electron chi connectivity index (χ4n) is 2.27. The zero-order chi connectivity index (χ0) is 15.2. The predicted molar refractivity (Wildman–Crippen MR) is 84.5 cm³/mol. The van der Waals surface area contributed by atoms with Crippen molar-refractivity contribution in [2.75, 3.05) is 13.2 Å². The molecule has 0 amide bonds. The average Bonchev–Trinajstić information content (AvgIpc) is 2.48. The summed E-state index contributed by atoms with van der Waals surface area (Å²) in [6.45, 7) is 5.35. The van der Waals surface area contributed by atoms with Crippen LogP contribution in [0.5, 0.6) is 5.75 Å². The van der Waals surface area contributed by atoms with E-state index in [4.69, 9.17) is 16.3 Å². The van der Waals surface area contributed by atoms with Crippen LogP contribution in [0.2, 0.25) is 5.02 Å². The van der Waals surface area contributed by atoms with E-state index in [-0.39, 0.29) is 11.1 Å². The van der Waals surface area contributed by atoms with E-state index in [1.807, 2.05) is 44.2 Å². The molecule has 0 aliphatic carbocycles. The Morgan fingerprint density at radius 3 is 2.57 bits per heavy atom. The van der Waals surface area contributed by atoms with Crippen molar-refractivity contribution in [3.8, 4) is 5.75 Å². The standard InChI is InChI=1S/C17H19ClFNO/c1-3-20-17(13-8-9-15(18)16(19)11-13)12-6-5-7-14(10-12)21-4-2/h5-11,17,20H,3-4H2,1-2H3. The molecule has 0 radical (unpaired) electrons. The molecule has 0 saturated carbocycles. The van der Waals surface area contributed by atoms with Crippen LogP contribution in [-0.2, 0) is 0 Å². The van der Waals surface area contributed by atoms with Gasteiger partial charge in [-0.15, -0.1) is 0 Å². The molecule has 0 fully saturated rings. The van der Waals surface area contributed by atoms with Crippen LogP contribution in [0.1, 0.15) is 31.0 Å². The Labute approximate surface area is 129 Å². The van der Waals surface area contributed by atoms with Gasteiger partial charge in [-0.3, -0.25) is 0 Å². The van der Waals surface area contributed by atoms with Gasteiger partial charge in [0.25, 0.3) is 0 Å². The molecule has 0 bridgehead atoms. The lowest BCUT2D eigenvalue weighted by Crippen LogP contribution is -2.22. The summed E-state index contributed by atoms with van der Waals surface area (Å²) in [5.41, 5.74) is 1.87. The average molecular weight is 308 g/mol. The van der Waals surface area contributed by atoms with Crippen molar-refractivity contribution in [2.24, 2.45) is 0 Å². The molecule has 0 aliphatic rings. The predicted octanol–water partition coefficient (Wildman–Crippen LogP) is 4.58. The van der Waals surface area contributed by atoms with Crippen LogP contribution in [0.15, 0.2) is 42.5 Å². The first kappa shape index (κ1) is 15.8. The molecule has 0 saturated heterocycles. The third kappa shape index (κ3) is 3.96. The van der Waals surface area contributed by atoms with Gasteiger partial charge in [-0.05, 0) is 48.9 Å². The van der Waals surface area contributed by atoms with Crippen LogP contribution >= 0.6 is 11.6 Å². The number of nitrogens with one attached hydrogen (secondary N) is 1. The summed E-state index contributed by atoms with van der Waals surface area (Å²) in [4.78, 5) is 0. The molecule has 21 heavy (non-hydrogen) atoms. The summed E-state index contributed by atoms with van der Waals surface area (Å²) in [6, 6.07) is 12.6. The molecule has 1 atom stereocenters. The maximum Gasteiger partial charge on any atom is 0.142 e. The summed E-state index contributed by atoms with van der Waals surface area (Å²) >= 11 is 5.76. The lowest BCUT2D eigenvalue weighted by molar-refractivity contribution is 0.339. The van der Waals surface area contributed by atoms with Crippen molar-refractivity contribution >= 4 is 11.6 Å². The van der Waals surface area contributed by atoms with Gasteiger partial charge in [-0.1, -0.05) is 36.7 Å². The van der Waals surface area contributed by atoms with E-state index < -0.39 is 5.82 Å². The largest absolute Gasteiger partial charge is 0.494 e. The van der Waals surface area contributed by atoms with Crippen molar-refractivity contribution < 1.29 is 9.13 Å². The van der Waals surface area contributed by atoms with Crippen molar-refractivity contribution in [3.63, 3.8) is 0 Å². The van der Waals surface area contributed by atoms with E-state index in [0.717, 1.165) is 23.4 Å². The molecule has 0 aromatic heterocycles. The van der Waals surface area contributed by atoms with Gasteiger partial charge in [0.05, 0.1) is 17.7 Å². The highest BCUT2D eigenvalue weighted by atomic mass is 35.5. The maximum atomic E-state index is 13.7. The zero-order valence-corrected chi connectivity index (χ0v) is 13.0. The molecular formula is C17H19ClFNO. The number of benzene rings is 2. The lowest BCUT2D eigenvalue weighted by Gasteiger charge is -2.20. The molecule has 2 aromatic carbocycles. The second-order valence-corrected chi connectivity index (χ2v) is 5.08. The van der Waals surface area contributed by atoms with E-state index >= 15 is 0 Å². The maximum absolute atomic E-state index is 13.7. The second-order valence-electron chi connectivity index (χ2n) is 4.67. The van der Waals surface area contributed by atoms with Crippen LogP contribution in [0.3, 0.4) is 0 Å². The van der Waals surface area contributed by atoms with Crippen LogP contribution in [0.25, 0.3) is 0 Å². The Hall–Kier alpha value is -1.58. The highest BCUT2D eigenvalue weighted by Gasteiger charge is 2.15. The SMILES string of the molecule is CCNC(c1cccc(OCC)c1)c1ccc(Cl)c(F)c1. The van der Waals surface area contributed by atoms with Gasteiger partial charge >= 0.3 is 0 Å². The van der Waals surface area contributed by atoms with E-state index in [1.165, 1.54) is 6.07 Å². The van der Waals surface area contributed by atoms with Gasteiger partial charge < -0.3 is 10.1 Å². The third-order valence-electron chi connectivity index (χ3n) is 3.19. The van der Waals surface area contributed by atoms with Gasteiger partial charge in [-0.25, -0.2) is 4.39 Å². The quantitative estimate of drug-likeness (QED) is 0.843. The van der Waals surface area contributed by atoms with E-state index in [1.54, 1.807) is 6.07 Å². The lowest BCUT2D eigenvalue weighted by atomic mass is 9.98. The third-order valence-corrected chi connectivity index (χ3v) is 3.49. The molecule has 0 heterocycles. The molecular weight excluding hydrogens is 289 g/mol. The fraction of sp³-hybridized carbons (Fsp3) is 0.294. The van der Waals surface area contributed by atoms with Gasteiger partial charge in [0.15, 0.2) is 0 Å². The summed E-state index contributed by atoms with van der Waals surface area (Å²) in [6.07, 6.45) is 0. The van der Waals surface area contributed by atoms with E-state index in [0.29, 0.717) is 6.61 Å². The normalized spacial score (nSPS) is 12.2. The Balaban J connectivity index is 2.37. The van der Waals surface area contributed by atoms with Gasteiger partial charge in [-0.2, -0.15) is 0 Å². The minimum Gasteiger partial charge on any atom is -0.494 e. The Morgan fingerprint density at radius 1 is 1.14 bits per heavy atom. The molecule has 1 unspecified atom stereocenters. The molecule has 2 nitrogen and oxygen atoms in total. The van der Waals surface area contributed by atoms with Crippen LogP contribution in [-0.4, -0.2) is 13.2 Å². The van der Waals surface area contributed by atoms with Gasteiger partial charge in [0.1, 0.15) is 11.6 Å². The molecule has 0 aliphatic heterocycles. The highest BCUT2D eigenvalue weighted by Crippen LogP contribution is 2.27. The topological polar surface area (TPSA) is 21.3 Å². The summed E-state index contributed by atoms with van der Waals surface area (Å²) in [5.74, 6) is 0.408. The van der Waals surface area contributed by atoms with Crippen LogP contribution < -0.4 is 10.1 Å². The molecule has 2 aromatic rings. The fourth-order valence-corrected chi connectivity index (χ4v) is 2.39. The second kappa shape index (κ2) is 7.43. The van der Waals surface area contributed by atoms with Gasteiger partial charge in [0, 0.05) is 0 Å². The molecule has 112 valence electrons. The van der Waals surface area contributed by atoms with Crippen molar-refractivity contribution in [1.29, 1.82) is 0 Å². The first-order valence-corrected chi connectivity index (χ1v) is 7.44. The molecule has 4 heteroatoms. The van der Waals surface area contributed by atoms with Crippen LogP contribution in [0, 0.1) is 5.82 Å². The molecule has 2 rings (SSSR count). The minimum absolute atomic E-state index is 0.0952. The van der Waals surface area contributed by atoms with E-state index in [9.17, 15) is 4.39 Å². The smallest absolute Gasteiger partial charge is 0.142 e. The van der Waals surface area contributed by atoms with Crippen molar-refractivity contribution in [3.05, 3.63) is 64.4 Å². The number of rotatable bonds is 6. The Morgan fingerprint density at radius 2 is 1.90 bits per heavy atom. The minimum atomic E-state index is -0.405. The van der Waals surface area contributed by atoms with Crippen molar-refractivity contribution in [2.45, 2.75) is 19.9 Å². The van der Waals surface area contributed by atoms with Crippen molar-refractivity contribution in [1.82, 2.24) is 5.32 Å². The number of ether oxygens (including phenoxy) is 1. The summed E-state index contributed by atoms with van der Waals surface area (Å²) in [5, 5.41) is 3.50. The molecule has 0 spiro atoms. The Bertz CT molecular complexity index is 603. The summed E-state index contributed by atoms with van der Waals surface area (Å²) < 4.78 is 19.2. The van der Waals surface area contributed by atoms with E-state index in [2.05, 4.69) is 5.32 Å². The highest BCUT2D eigenvalue weighted by molar-refractivity contribution is 6.30. The first-order valence-electron chi connectivity index (χ1n) is 7.06. The number of halogens is 2. The zero-order valence-electron chi connectivity index (χ0n) is 12.2.